The van der Waals surface area contributed by atoms with E-state index in [1.165, 1.54) is 30.3 Å². The maximum absolute atomic E-state index is 13.6. The van der Waals surface area contributed by atoms with Crippen LogP contribution >= 0.6 is 0 Å². The molecule has 0 saturated heterocycles. The molecule has 0 spiro atoms. The zero-order valence-corrected chi connectivity index (χ0v) is 21.7. The van der Waals surface area contributed by atoms with E-state index in [1.807, 2.05) is 0 Å². The minimum atomic E-state index is -5.27. The molecule has 16 heteroatoms. The Kier molecular flexibility index (Phi) is 7.99. The molecule has 0 radical (unpaired) electrons. The molecular formula is C23H13F9N6Pt. The fourth-order valence-electron chi connectivity index (χ4n) is 3.35. The molecule has 6 nitrogen and oxygen atoms in total. The van der Waals surface area contributed by atoms with E-state index >= 15 is 0 Å². The van der Waals surface area contributed by atoms with Crippen LogP contribution in [0.25, 0.3) is 17.1 Å². The average molecular weight is 739 g/mol. The Morgan fingerprint density at radius 2 is 1.33 bits per heavy atom. The molecule has 0 fully saturated rings. The van der Waals surface area contributed by atoms with Crippen molar-refractivity contribution in [2.45, 2.75) is 37.8 Å². The third-order valence-corrected chi connectivity index (χ3v) is 5.31. The molecule has 4 aromatic rings. The summed E-state index contributed by atoms with van der Waals surface area (Å²) in [5, 5.41) is 3.41. The summed E-state index contributed by atoms with van der Waals surface area (Å²) < 4.78 is 119. The zero-order chi connectivity index (χ0) is 28.1. The van der Waals surface area contributed by atoms with Crippen molar-refractivity contribution in [1.82, 2.24) is 29.7 Å². The van der Waals surface area contributed by atoms with E-state index < -0.39 is 52.4 Å². The Morgan fingerprint density at radius 3 is 1.90 bits per heavy atom. The van der Waals surface area contributed by atoms with Crippen LogP contribution in [0.5, 0.6) is 0 Å². The molecule has 39 heavy (non-hydrogen) atoms. The number of hydrogen-bond acceptors (Lipinski definition) is 5. The fourth-order valence-corrected chi connectivity index (χ4v) is 3.35. The smallest absolute Gasteiger partial charge is 0.343 e. The van der Waals surface area contributed by atoms with Crippen LogP contribution in [-0.2, 0) is 45.0 Å². The van der Waals surface area contributed by atoms with Gasteiger partial charge < -0.3 is 19.6 Å². The number of alkyl halides is 9. The van der Waals surface area contributed by atoms with Crippen LogP contribution in [0.15, 0.2) is 42.5 Å². The van der Waals surface area contributed by atoms with Gasteiger partial charge in [0.2, 0.25) is 0 Å². The van der Waals surface area contributed by atoms with Crippen LogP contribution in [0.1, 0.15) is 42.4 Å². The number of hydrogen-bond donors (Lipinski definition) is 0. The number of pyridine rings is 2. The van der Waals surface area contributed by atoms with E-state index in [-0.39, 0.29) is 38.3 Å². The minimum Gasteiger partial charge on any atom is -0.343 e. The average Bonchev–Trinajstić information content (AvgIpc) is 3.34. The summed E-state index contributed by atoms with van der Waals surface area (Å²) in [6.45, 7) is 3.19. The van der Waals surface area contributed by atoms with Gasteiger partial charge >= 0.3 is 39.6 Å². The largest absolute Gasteiger partial charge is 2.00 e. The van der Waals surface area contributed by atoms with Crippen molar-refractivity contribution in [3.63, 3.8) is 0 Å². The first-order valence-electron chi connectivity index (χ1n) is 10.4. The Hall–Kier alpha value is -3.35. The summed E-state index contributed by atoms with van der Waals surface area (Å²) in [4.78, 5) is 14.1. The molecule has 0 atom stereocenters. The van der Waals surface area contributed by atoms with Crippen molar-refractivity contribution in [2.24, 2.45) is 0 Å². The van der Waals surface area contributed by atoms with Gasteiger partial charge in [0.15, 0.2) is 0 Å². The van der Waals surface area contributed by atoms with Crippen molar-refractivity contribution >= 4 is 0 Å². The number of aromatic nitrogens is 6. The molecule has 0 aliphatic rings. The van der Waals surface area contributed by atoms with Crippen molar-refractivity contribution < 1.29 is 60.6 Å². The van der Waals surface area contributed by atoms with Crippen LogP contribution < -0.4 is 0 Å². The molecule has 0 amide bonds. The van der Waals surface area contributed by atoms with Gasteiger partial charge in [-0.1, -0.05) is 36.0 Å². The quantitative estimate of drug-likeness (QED) is 0.187. The van der Waals surface area contributed by atoms with Crippen LogP contribution in [0.4, 0.5) is 39.5 Å². The molecule has 208 valence electrons. The number of halogens is 9. The summed E-state index contributed by atoms with van der Waals surface area (Å²) >= 11 is 0. The fraction of sp³-hybridized carbons (Fsp3) is 0.261. The topological polar surface area (TPSA) is 69.4 Å². The zero-order valence-electron chi connectivity index (χ0n) is 19.4. The molecule has 0 aromatic carbocycles. The summed E-state index contributed by atoms with van der Waals surface area (Å²) in [7, 11) is 0. The molecule has 4 aromatic heterocycles. The van der Waals surface area contributed by atoms with Crippen LogP contribution in [0.3, 0.4) is 0 Å². The van der Waals surface area contributed by atoms with Gasteiger partial charge in [0, 0.05) is 16.8 Å². The van der Waals surface area contributed by atoms with Gasteiger partial charge in [-0.2, -0.15) is 39.5 Å². The second-order valence-electron chi connectivity index (χ2n) is 8.36. The predicted molar refractivity (Wildman–Crippen MR) is 111 cm³/mol. The van der Waals surface area contributed by atoms with E-state index in [0.29, 0.717) is 6.07 Å². The molecule has 0 bridgehead atoms. The first-order chi connectivity index (χ1) is 17.5. The first kappa shape index (κ1) is 30.2. The van der Waals surface area contributed by atoms with Crippen molar-refractivity contribution in [2.75, 3.05) is 0 Å². The van der Waals surface area contributed by atoms with Crippen molar-refractivity contribution in [1.29, 1.82) is 0 Å². The van der Waals surface area contributed by atoms with Crippen LogP contribution in [-0.4, -0.2) is 29.7 Å². The second kappa shape index (κ2) is 10.3. The third kappa shape index (κ3) is 6.29. The monoisotopic (exact) mass is 739 g/mol. The Labute approximate surface area is 228 Å². The van der Waals surface area contributed by atoms with Gasteiger partial charge in [0.1, 0.15) is 5.82 Å². The molecule has 4 heterocycles. The van der Waals surface area contributed by atoms with E-state index in [9.17, 15) is 39.5 Å². The maximum Gasteiger partial charge on any atom is 2.00 e. The van der Waals surface area contributed by atoms with Gasteiger partial charge in [-0.25, -0.2) is 0 Å². The number of nitrogens with zero attached hydrogens (tertiary/aromatic N) is 6. The Balaban J connectivity index is 0.00000420. The van der Waals surface area contributed by atoms with E-state index in [4.69, 9.17) is 0 Å². The Morgan fingerprint density at radius 1 is 0.718 bits per heavy atom. The molecule has 4 rings (SSSR count). The summed E-state index contributed by atoms with van der Waals surface area (Å²) in [5.41, 5.74) is -5.09. The maximum atomic E-state index is 13.6. The molecule has 0 N–H and O–H groups in total. The van der Waals surface area contributed by atoms with E-state index in [1.54, 1.807) is 20.0 Å². The summed E-state index contributed by atoms with van der Waals surface area (Å²) in [5.74, 6) is -2.03. The molecule has 0 saturated carbocycles. The third-order valence-electron chi connectivity index (χ3n) is 5.31. The standard InChI is InChI=1S/C23H13F9N6.Pt/c1-20(2,15-7-4-8-17(35-15)38-10-9-16(37-38)21(24,25)26)14-6-3-5-13(34-14)12-11-33-19(23(30,31)32)36-18(12)22(27,28)29;/h3-9H,1-2H3;/q-2;+2. The Bertz CT molecular complexity index is 1480. The van der Waals surface area contributed by atoms with E-state index in [0.717, 1.165) is 10.7 Å². The minimum absolute atomic E-state index is 0. The van der Waals surface area contributed by atoms with Crippen LogP contribution in [0, 0.1) is 12.4 Å². The number of rotatable bonds is 4. The molecule has 0 unspecified atom stereocenters. The van der Waals surface area contributed by atoms with Gasteiger partial charge in [-0.3, -0.25) is 10.1 Å². The molecule has 0 aliphatic carbocycles. The SMILES string of the molecule is CC(C)(c1cccc(-c2[c-]nc(C(F)(F)F)nc2C(F)(F)F)n1)c1cccc(-n2[c-]cc(C(F)(F)F)n2)n1.[Pt+2]. The summed E-state index contributed by atoms with van der Waals surface area (Å²) in [6.07, 6.45) is -11.1. The van der Waals surface area contributed by atoms with Gasteiger partial charge in [0.25, 0.3) is 0 Å². The second-order valence-corrected chi connectivity index (χ2v) is 8.36. The molecular weight excluding hydrogens is 726 g/mol. The first-order valence-corrected chi connectivity index (χ1v) is 10.4. The summed E-state index contributed by atoms with van der Waals surface area (Å²) in [6, 6.07) is 8.90. The normalized spacial score (nSPS) is 12.8. The van der Waals surface area contributed by atoms with Gasteiger partial charge in [0.05, 0.1) is 17.2 Å². The predicted octanol–water partition coefficient (Wildman–Crippen LogP) is 6.10. The van der Waals surface area contributed by atoms with Crippen LogP contribution in [0.2, 0.25) is 0 Å². The van der Waals surface area contributed by atoms with Crippen molar-refractivity contribution in [3.05, 3.63) is 83.5 Å². The van der Waals surface area contributed by atoms with E-state index in [2.05, 4.69) is 31.2 Å². The van der Waals surface area contributed by atoms with Gasteiger partial charge in [-0.05, 0) is 37.9 Å². The van der Waals surface area contributed by atoms with Gasteiger partial charge in [-0.15, -0.1) is 6.07 Å². The van der Waals surface area contributed by atoms with Crippen molar-refractivity contribution in [3.8, 4) is 17.1 Å². The molecule has 0 aliphatic heterocycles.